The lowest BCUT2D eigenvalue weighted by molar-refractivity contribution is 0.0623. The fourth-order valence-electron chi connectivity index (χ4n) is 2.46. The highest BCUT2D eigenvalue weighted by atomic mass is 16.5. The molecule has 0 radical (unpaired) electrons. The molecule has 1 atom stereocenters. The third kappa shape index (κ3) is 5.53. The molecule has 0 aromatic carbocycles. The van der Waals surface area contributed by atoms with Crippen molar-refractivity contribution in [3.63, 3.8) is 0 Å². The smallest absolute Gasteiger partial charge is 0.0468 e. The van der Waals surface area contributed by atoms with Gasteiger partial charge in [0, 0.05) is 19.3 Å². The predicted octanol–water partition coefficient (Wildman–Crippen LogP) is 2.97. The summed E-state index contributed by atoms with van der Waals surface area (Å²) in [6.45, 7) is 7.57. The Balaban J connectivity index is 2.13. The molecule has 15 heavy (non-hydrogen) atoms. The van der Waals surface area contributed by atoms with E-state index in [9.17, 15) is 0 Å². The van der Waals surface area contributed by atoms with E-state index in [0.717, 1.165) is 31.7 Å². The Morgan fingerprint density at radius 3 is 2.53 bits per heavy atom. The molecule has 1 aliphatic rings. The van der Waals surface area contributed by atoms with Crippen LogP contribution in [-0.4, -0.2) is 25.8 Å². The van der Waals surface area contributed by atoms with E-state index in [4.69, 9.17) is 4.74 Å². The topological polar surface area (TPSA) is 21.3 Å². The van der Waals surface area contributed by atoms with Crippen molar-refractivity contribution in [3.8, 4) is 0 Å². The van der Waals surface area contributed by atoms with E-state index in [1.54, 1.807) is 0 Å². The van der Waals surface area contributed by atoms with Crippen molar-refractivity contribution >= 4 is 0 Å². The molecule has 1 rings (SSSR count). The van der Waals surface area contributed by atoms with E-state index in [1.807, 2.05) is 0 Å². The average molecular weight is 213 g/mol. The van der Waals surface area contributed by atoms with Gasteiger partial charge < -0.3 is 10.1 Å². The van der Waals surface area contributed by atoms with Crippen LogP contribution in [0.4, 0.5) is 0 Å². The van der Waals surface area contributed by atoms with Gasteiger partial charge in [-0.3, -0.25) is 0 Å². The highest BCUT2D eigenvalue weighted by molar-refractivity contribution is 4.70. The first-order valence-electron chi connectivity index (χ1n) is 6.68. The summed E-state index contributed by atoms with van der Waals surface area (Å²) in [5, 5.41) is 3.59. The van der Waals surface area contributed by atoms with Gasteiger partial charge in [0.15, 0.2) is 0 Å². The summed E-state index contributed by atoms with van der Waals surface area (Å²) in [5.41, 5.74) is 0. The van der Waals surface area contributed by atoms with Gasteiger partial charge in [-0.1, -0.05) is 20.3 Å². The minimum absolute atomic E-state index is 0.753. The molecular weight excluding hydrogens is 186 g/mol. The Labute approximate surface area is 94.8 Å². The van der Waals surface area contributed by atoms with Crippen LogP contribution in [0.25, 0.3) is 0 Å². The van der Waals surface area contributed by atoms with E-state index < -0.39 is 0 Å². The molecule has 0 bridgehead atoms. The third-order valence-corrected chi connectivity index (χ3v) is 3.39. The maximum atomic E-state index is 5.39. The van der Waals surface area contributed by atoms with E-state index >= 15 is 0 Å². The second-order valence-electron chi connectivity index (χ2n) is 4.68. The Kier molecular flexibility index (Phi) is 7.03. The molecular formula is C13H27NO. The summed E-state index contributed by atoms with van der Waals surface area (Å²) in [7, 11) is 0. The highest BCUT2D eigenvalue weighted by Crippen LogP contribution is 2.21. The number of hydrogen-bond donors (Lipinski definition) is 1. The normalized spacial score (nSPS) is 20.4. The Hall–Kier alpha value is -0.0800. The second-order valence-corrected chi connectivity index (χ2v) is 4.68. The molecule has 0 spiro atoms. The molecule has 1 unspecified atom stereocenters. The van der Waals surface area contributed by atoms with E-state index in [1.165, 1.54) is 38.5 Å². The summed E-state index contributed by atoms with van der Waals surface area (Å²) in [6, 6.07) is 0.753. The van der Waals surface area contributed by atoms with Gasteiger partial charge in [-0.15, -0.1) is 0 Å². The maximum absolute atomic E-state index is 5.39. The van der Waals surface area contributed by atoms with Gasteiger partial charge in [-0.2, -0.15) is 0 Å². The Morgan fingerprint density at radius 1 is 1.20 bits per heavy atom. The Morgan fingerprint density at radius 2 is 1.93 bits per heavy atom. The number of nitrogens with one attached hydrogen (secondary N) is 1. The summed E-state index contributed by atoms with van der Waals surface area (Å²) < 4.78 is 5.39. The standard InChI is InChI=1S/C13H27NO/c1-3-5-13(14-4-2)7-6-12-8-10-15-11-9-12/h12-14H,3-11H2,1-2H3. The molecule has 1 N–H and O–H groups in total. The van der Waals surface area contributed by atoms with Crippen LogP contribution in [0.2, 0.25) is 0 Å². The molecule has 1 fully saturated rings. The fourth-order valence-corrected chi connectivity index (χ4v) is 2.46. The van der Waals surface area contributed by atoms with Crippen LogP contribution >= 0.6 is 0 Å². The predicted molar refractivity (Wildman–Crippen MR) is 65.1 cm³/mol. The zero-order valence-corrected chi connectivity index (χ0v) is 10.4. The first-order chi connectivity index (χ1) is 7.36. The maximum Gasteiger partial charge on any atom is 0.0468 e. The number of rotatable bonds is 7. The number of hydrogen-bond acceptors (Lipinski definition) is 2. The zero-order valence-electron chi connectivity index (χ0n) is 10.4. The molecule has 0 aliphatic carbocycles. The molecule has 0 aromatic rings. The van der Waals surface area contributed by atoms with Crippen LogP contribution in [0.1, 0.15) is 52.4 Å². The van der Waals surface area contributed by atoms with Crippen molar-refractivity contribution < 1.29 is 4.74 Å². The van der Waals surface area contributed by atoms with Crippen molar-refractivity contribution in [1.82, 2.24) is 5.32 Å². The molecule has 2 heteroatoms. The monoisotopic (exact) mass is 213 g/mol. The van der Waals surface area contributed by atoms with Crippen molar-refractivity contribution in [3.05, 3.63) is 0 Å². The van der Waals surface area contributed by atoms with Gasteiger partial charge in [0.1, 0.15) is 0 Å². The minimum atomic E-state index is 0.753. The fraction of sp³-hybridized carbons (Fsp3) is 1.00. The molecule has 0 aromatic heterocycles. The van der Waals surface area contributed by atoms with Crippen LogP contribution in [-0.2, 0) is 4.74 Å². The van der Waals surface area contributed by atoms with Crippen molar-refractivity contribution in [1.29, 1.82) is 0 Å². The van der Waals surface area contributed by atoms with Crippen LogP contribution in [0.3, 0.4) is 0 Å². The molecule has 1 heterocycles. The van der Waals surface area contributed by atoms with E-state index in [0.29, 0.717) is 0 Å². The second kappa shape index (κ2) is 8.12. The summed E-state index contributed by atoms with van der Waals surface area (Å²) in [5.74, 6) is 0.928. The first kappa shape index (κ1) is 13.0. The SMILES string of the molecule is CCCC(CCC1CCOCC1)NCC. The highest BCUT2D eigenvalue weighted by Gasteiger charge is 2.15. The molecule has 0 saturated carbocycles. The summed E-state index contributed by atoms with van der Waals surface area (Å²) in [4.78, 5) is 0. The van der Waals surface area contributed by atoms with Gasteiger partial charge in [0.05, 0.1) is 0 Å². The largest absolute Gasteiger partial charge is 0.381 e. The minimum Gasteiger partial charge on any atom is -0.381 e. The lowest BCUT2D eigenvalue weighted by Crippen LogP contribution is -2.29. The quantitative estimate of drug-likeness (QED) is 0.702. The van der Waals surface area contributed by atoms with Gasteiger partial charge in [0.2, 0.25) is 0 Å². The zero-order chi connectivity index (χ0) is 10.9. The Bertz CT molecular complexity index is 137. The third-order valence-electron chi connectivity index (χ3n) is 3.39. The van der Waals surface area contributed by atoms with E-state index in [2.05, 4.69) is 19.2 Å². The molecule has 0 amide bonds. The molecule has 90 valence electrons. The molecule has 2 nitrogen and oxygen atoms in total. The number of ether oxygens (including phenoxy) is 1. The van der Waals surface area contributed by atoms with Gasteiger partial charge in [-0.05, 0) is 44.6 Å². The van der Waals surface area contributed by atoms with Crippen LogP contribution in [0, 0.1) is 5.92 Å². The molecule has 1 saturated heterocycles. The average Bonchev–Trinajstić information content (AvgIpc) is 2.28. The summed E-state index contributed by atoms with van der Waals surface area (Å²) >= 11 is 0. The summed E-state index contributed by atoms with van der Waals surface area (Å²) in [6.07, 6.45) is 7.94. The van der Waals surface area contributed by atoms with Crippen molar-refractivity contribution in [2.24, 2.45) is 5.92 Å². The van der Waals surface area contributed by atoms with E-state index in [-0.39, 0.29) is 0 Å². The lowest BCUT2D eigenvalue weighted by atomic mass is 9.92. The van der Waals surface area contributed by atoms with Crippen molar-refractivity contribution in [2.45, 2.75) is 58.4 Å². The first-order valence-corrected chi connectivity index (χ1v) is 6.68. The van der Waals surface area contributed by atoms with Crippen LogP contribution < -0.4 is 5.32 Å². The molecule has 1 aliphatic heterocycles. The van der Waals surface area contributed by atoms with Crippen LogP contribution in [0.15, 0.2) is 0 Å². The van der Waals surface area contributed by atoms with Gasteiger partial charge >= 0.3 is 0 Å². The van der Waals surface area contributed by atoms with Gasteiger partial charge in [-0.25, -0.2) is 0 Å². The van der Waals surface area contributed by atoms with Crippen molar-refractivity contribution in [2.75, 3.05) is 19.8 Å². The van der Waals surface area contributed by atoms with Crippen LogP contribution in [0.5, 0.6) is 0 Å². The van der Waals surface area contributed by atoms with Gasteiger partial charge in [0.25, 0.3) is 0 Å². The lowest BCUT2D eigenvalue weighted by Gasteiger charge is -2.24.